The van der Waals surface area contributed by atoms with Crippen molar-refractivity contribution in [2.45, 2.75) is 39.5 Å². The average Bonchev–Trinajstić information content (AvgIpc) is 2.85. The van der Waals surface area contributed by atoms with E-state index in [1.165, 1.54) is 31.7 Å². The predicted molar refractivity (Wildman–Crippen MR) is 138 cm³/mol. The highest BCUT2D eigenvalue weighted by molar-refractivity contribution is 6.46. The molecular formula is C27H33N5O. The number of allylic oxidation sites excluding steroid dienone is 1. The molecule has 2 heterocycles. The van der Waals surface area contributed by atoms with E-state index in [0.29, 0.717) is 12.3 Å². The number of carbonyl (C=O) groups is 1. The molecule has 0 atom stereocenters. The number of aryl methyl sites for hydroxylation is 1. The van der Waals surface area contributed by atoms with Gasteiger partial charge in [0.15, 0.2) is 0 Å². The molecule has 1 saturated heterocycles. The second kappa shape index (κ2) is 12.5. The summed E-state index contributed by atoms with van der Waals surface area (Å²) in [6, 6.07) is 8.35. The van der Waals surface area contributed by atoms with Crippen LogP contribution >= 0.6 is 0 Å². The average molecular weight is 444 g/mol. The van der Waals surface area contributed by atoms with Crippen LogP contribution < -0.4 is 10.2 Å². The summed E-state index contributed by atoms with van der Waals surface area (Å²) >= 11 is 0. The molecule has 2 aromatic rings. The third kappa shape index (κ3) is 6.72. The summed E-state index contributed by atoms with van der Waals surface area (Å²) in [6.45, 7) is 10.3. The summed E-state index contributed by atoms with van der Waals surface area (Å²) in [5.41, 5.74) is 5.45. The molecule has 3 rings (SSSR count). The Balaban J connectivity index is 1.90. The summed E-state index contributed by atoms with van der Waals surface area (Å²) in [7, 11) is 0. The van der Waals surface area contributed by atoms with Crippen molar-refractivity contribution in [3.63, 3.8) is 0 Å². The fourth-order valence-corrected chi connectivity index (χ4v) is 3.81. The van der Waals surface area contributed by atoms with Gasteiger partial charge >= 0.3 is 0 Å². The molecule has 0 saturated carbocycles. The van der Waals surface area contributed by atoms with E-state index in [-0.39, 0.29) is 5.91 Å². The van der Waals surface area contributed by atoms with Crippen molar-refractivity contribution < 1.29 is 4.79 Å². The Bertz CT molecular complexity index is 1050. The van der Waals surface area contributed by atoms with E-state index in [4.69, 9.17) is 0 Å². The van der Waals surface area contributed by atoms with E-state index in [1.807, 2.05) is 38.4 Å². The van der Waals surface area contributed by atoms with Gasteiger partial charge < -0.3 is 10.2 Å². The lowest BCUT2D eigenvalue weighted by Gasteiger charge is -2.28. The molecule has 1 aromatic heterocycles. The fraction of sp³-hybridized carbons (Fsp3) is 0.333. The maximum atomic E-state index is 13.0. The number of aliphatic imine (C=N–C) groups is 2. The van der Waals surface area contributed by atoms with Gasteiger partial charge in [0.05, 0.1) is 11.9 Å². The molecule has 0 unspecified atom stereocenters. The number of benzene rings is 1. The summed E-state index contributed by atoms with van der Waals surface area (Å²) < 4.78 is 0. The predicted octanol–water partition coefficient (Wildman–Crippen LogP) is 5.09. The first kappa shape index (κ1) is 24.1. The Morgan fingerprint density at radius 1 is 1.18 bits per heavy atom. The van der Waals surface area contributed by atoms with E-state index in [0.717, 1.165) is 47.5 Å². The quantitative estimate of drug-likeness (QED) is 0.549. The van der Waals surface area contributed by atoms with Crippen molar-refractivity contribution in [1.29, 1.82) is 0 Å². The van der Waals surface area contributed by atoms with Crippen LogP contribution in [0.25, 0.3) is 11.1 Å². The highest BCUT2D eigenvalue weighted by Crippen LogP contribution is 2.27. The molecule has 1 aliphatic rings. The number of hydrogen-bond acceptors (Lipinski definition) is 5. The minimum atomic E-state index is -0.256. The Hall–Kier alpha value is -3.54. The topological polar surface area (TPSA) is 70.0 Å². The van der Waals surface area contributed by atoms with Crippen LogP contribution in [0.4, 0.5) is 5.69 Å². The maximum absolute atomic E-state index is 13.0. The van der Waals surface area contributed by atoms with Gasteiger partial charge in [-0.25, -0.2) is 0 Å². The van der Waals surface area contributed by atoms with Gasteiger partial charge in [-0.2, -0.15) is 0 Å². The molecule has 0 radical (unpaired) electrons. The SMILES string of the molecule is C=CC=N/C=C/NC(=O)C(=NCCC)c1cc(-c2cncc(N3CCCCC3)c2)ccc1C. The van der Waals surface area contributed by atoms with Crippen molar-refractivity contribution in [2.24, 2.45) is 9.98 Å². The van der Waals surface area contributed by atoms with Gasteiger partial charge in [-0.15, -0.1) is 0 Å². The molecular weight excluding hydrogens is 410 g/mol. The number of piperidine rings is 1. The van der Waals surface area contributed by atoms with Crippen molar-refractivity contribution in [1.82, 2.24) is 10.3 Å². The van der Waals surface area contributed by atoms with E-state index in [2.05, 4.69) is 43.9 Å². The second-order valence-corrected chi connectivity index (χ2v) is 8.06. The number of nitrogens with one attached hydrogen (secondary N) is 1. The van der Waals surface area contributed by atoms with E-state index < -0.39 is 0 Å². The normalized spacial score (nSPS) is 14.7. The Morgan fingerprint density at radius 3 is 2.76 bits per heavy atom. The molecule has 172 valence electrons. The number of amides is 1. The minimum absolute atomic E-state index is 0.256. The van der Waals surface area contributed by atoms with Crippen LogP contribution in [0.3, 0.4) is 0 Å². The number of carbonyl (C=O) groups excluding carboxylic acids is 1. The zero-order valence-electron chi connectivity index (χ0n) is 19.6. The van der Waals surface area contributed by atoms with Crippen molar-refractivity contribution in [3.05, 3.63) is 72.8 Å². The Kier molecular flexibility index (Phi) is 9.12. The summed E-state index contributed by atoms with van der Waals surface area (Å²) in [6.07, 6.45) is 14.6. The molecule has 1 fully saturated rings. The van der Waals surface area contributed by atoms with Crippen LogP contribution in [0.5, 0.6) is 0 Å². The smallest absolute Gasteiger partial charge is 0.274 e. The molecule has 33 heavy (non-hydrogen) atoms. The van der Waals surface area contributed by atoms with Crippen LogP contribution in [0.15, 0.2) is 71.7 Å². The molecule has 1 aliphatic heterocycles. The molecule has 1 N–H and O–H groups in total. The molecule has 6 nitrogen and oxygen atoms in total. The largest absolute Gasteiger partial charge is 0.370 e. The number of pyridine rings is 1. The van der Waals surface area contributed by atoms with Gasteiger partial charge in [0.2, 0.25) is 0 Å². The molecule has 1 aromatic carbocycles. The van der Waals surface area contributed by atoms with Crippen LogP contribution in [0.1, 0.15) is 43.7 Å². The van der Waals surface area contributed by atoms with Crippen molar-refractivity contribution in [3.8, 4) is 11.1 Å². The number of nitrogens with zero attached hydrogens (tertiary/aromatic N) is 4. The molecule has 1 amide bonds. The van der Waals surface area contributed by atoms with Crippen molar-refractivity contribution in [2.75, 3.05) is 24.5 Å². The Labute approximate surface area is 196 Å². The molecule has 0 spiro atoms. The number of rotatable bonds is 9. The van der Waals surface area contributed by atoms with E-state index in [1.54, 1.807) is 12.3 Å². The maximum Gasteiger partial charge on any atom is 0.274 e. The monoisotopic (exact) mass is 443 g/mol. The van der Waals surface area contributed by atoms with Crippen LogP contribution in [0.2, 0.25) is 0 Å². The minimum Gasteiger partial charge on any atom is -0.370 e. The first-order chi connectivity index (χ1) is 16.1. The number of hydrogen-bond donors (Lipinski definition) is 1. The molecule has 6 heteroatoms. The number of anilines is 1. The second-order valence-electron chi connectivity index (χ2n) is 8.06. The lowest BCUT2D eigenvalue weighted by atomic mass is 9.97. The third-order valence-corrected chi connectivity index (χ3v) is 5.55. The zero-order chi connectivity index (χ0) is 23.5. The first-order valence-electron chi connectivity index (χ1n) is 11.6. The zero-order valence-corrected chi connectivity index (χ0v) is 19.6. The van der Waals surface area contributed by atoms with Gasteiger partial charge in [0.1, 0.15) is 5.71 Å². The number of aromatic nitrogens is 1. The molecule has 0 aliphatic carbocycles. The first-order valence-corrected chi connectivity index (χ1v) is 11.6. The third-order valence-electron chi connectivity index (χ3n) is 5.55. The van der Waals surface area contributed by atoms with Gasteiger partial charge in [-0.1, -0.05) is 31.7 Å². The summed E-state index contributed by atoms with van der Waals surface area (Å²) in [5.74, 6) is -0.256. The van der Waals surface area contributed by atoms with Gasteiger partial charge in [-0.05, 0) is 55.9 Å². The van der Waals surface area contributed by atoms with Gasteiger partial charge in [0.25, 0.3) is 5.91 Å². The van der Waals surface area contributed by atoms with E-state index >= 15 is 0 Å². The lowest BCUT2D eigenvalue weighted by molar-refractivity contribution is -0.113. The van der Waals surface area contributed by atoms with Gasteiger partial charge in [-0.3, -0.25) is 19.8 Å². The highest BCUT2D eigenvalue weighted by atomic mass is 16.1. The summed E-state index contributed by atoms with van der Waals surface area (Å²) in [4.78, 5) is 28.5. The Morgan fingerprint density at radius 2 is 2.00 bits per heavy atom. The van der Waals surface area contributed by atoms with Crippen molar-refractivity contribution >= 4 is 23.5 Å². The fourth-order valence-electron chi connectivity index (χ4n) is 3.81. The van der Waals surface area contributed by atoms with Crippen LogP contribution in [-0.2, 0) is 4.79 Å². The lowest BCUT2D eigenvalue weighted by Crippen LogP contribution is -2.29. The van der Waals surface area contributed by atoms with Gasteiger partial charge in [0, 0.05) is 55.6 Å². The van der Waals surface area contributed by atoms with Crippen LogP contribution in [0, 0.1) is 6.92 Å². The van der Waals surface area contributed by atoms with Crippen LogP contribution in [-0.4, -0.2) is 42.5 Å². The summed E-state index contributed by atoms with van der Waals surface area (Å²) in [5, 5.41) is 2.77. The highest BCUT2D eigenvalue weighted by Gasteiger charge is 2.17. The molecule has 0 bridgehead atoms. The van der Waals surface area contributed by atoms with E-state index in [9.17, 15) is 4.79 Å². The standard InChI is InChI=1S/C27H33N5O/c1-4-11-28-13-14-31-27(33)26(30-12-5-2)25-18-22(10-9-21(25)3)23-17-24(20-29-19-23)32-15-7-6-8-16-32/h4,9-11,13-14,17-20H,1,5-8,12,15-16H2,2-3H3,(H,31,33)/b14-13+,28-11?,30-26?.